The second kappa shape index (κ2) is 4.65. The Kier molecular flexibility index (Phi) is 3.34. The maximum atomic E-state index is 5.68. The highest BCUT2D eigenvalue weighted by atomic mass is 32.1. The largest absolute Gasteiger partial charge is 0.384 e. The quantitative estimate of drug-likeness (QED) is 0.901. The van der Waals surface area contributed by atoms with E-state index in [2.05, 4.69) is 42.9 Å². The van der Waals surface area contributed by atoms with E-state index in [0.717, 1.165) is 15.7 Å². The lowest BCUT2D eigenvalue weighted by Crippen LogP contribution is -2.14. The third kappa shape index (κ3) is 2.67. The van der Waals surface area contributed by atoms with Crippen molar-refractivity contribution in [2.75, 3.05) is 5.73 Å². The van der Waals surface area contributed by atoms with Gasteiger partial charge in [-0.3, -0.25) is 0 Å². The van der Waals surface area contributed by atoms with Crippen molar-refractivity contribution in [2.24, 2.45) is 5.41 Å². The van der Waals surface area contributed by atoms with Crippen LogP contribution in [0.2, 0.25) is 0 Å². The first-order valence-electron chi connectivity index (χ1n) is 5.94. The number of rotatable bonds is 2. The predicted octanol–water partition coefficient (Wildman–Crippen LogP) is 3.33. The fourth-order valence-corrected chi connectivity index (χ4v) is 2.56. The SMILES string of the molecule is C[C@H](c1nnc(-c2cccc(N)n2)s1)C(C)(C)C. The van der Waals surface area contributed by atoms with Gasteiger partial charge in [0.15, 0.2) is 5.01 Å². The molecule has 4 nitrogen and oxygen atoms in total. The lowest BCUT2D eigenvalue weighted by molar-refractivity contribution is 0.337. The van der Waals surface area contributed by atoms with Gasteiger partial charge in [0.05, 0.1) is 0 Å². The fourth-order valence-electron chi connectivity index (χ4n) is 1.45. The first-order chi connectivity index (χ1) is 8.38. The molecule has 0 spiro atoms. The highest BCUT2D eigenvalue weighted by Gasteiger charge is 2.25. The van der Waals surface area contributed by atoms with E-state index in [1.165, 1.54) is 0 Å². The molecule has 2 aromatic heterocycles. The number of nitrogen functional groups attached to an aromatic ring is 1. The number of hydrogen-bond donors (Lipinski definition) is 1. The zero-order chi connectivity index (χ0) is 13.3. The summed E-state index contributed by atoms with van der Waals surface area (Å²) < 4.78 is 0. The third-order valence-corrected chi connectivity index (χ3v) is 4.23. The highest BCUT2D eigenvalue weighted by molar-refractivity contribution is 7.14. The molecule has 0 aliphatic heterocycles. The Balaban J connectivity index is 2.31. The van der Waals surface area contributed by atoms with Crippen LogP contribution in [0.1, 0.15) is 38.6 Å². The van der Waals surface area contributed by atoms with Gasteiger partial charge < -0.3 is 5.73 Å². The Labute approximate surface area is 111 Å². The van der Waals surface area contributed by atoms with Crippen molar-refractivity contribution in [3.63, 3.8) is 0 Å². The normalized spacial score (nSPS) is 13.6. The number of aromatic nitrogens is 3. The van der Waals surface area contributed by atoms with Gasteiger partial charge >= 0.3 is 0 Å². The second-order valence-electron chi connectivity index (χ2n) is 5.48. The number of nitrogens with two attached hydrogens (primary N) is 1. The molecule has 0 aromatic carbocycles. The average Bonchev–Trinajstić information content (AvgIpc) is 2.75. The summed E-state index contributed by atoms with van der Waals surface area (Å²) in [4.78, 5) is 4.26. The summed E-state index contributed by atoms with van der Waals surface area (Å²) in [6, 6.07) is 5.55. The fraction of sp³-hybridized carbons (Fsp3) is 0.462. The summed E-state index contributed by atoms with van der Waals surface area (Å²) in [5, 5.41) is 10.4. The Morgan fingerprint density at radius 1 is 1.22 bits per heavy atom. The Morgan fingerprint density at radius 3 is 2.56 bits per heavy atom. The number of nitrogens with zero attached hydrogens (tertiary/aromatic N) is 3. The van der Waals surface area contributed by atoms with Crippen LogP contribution >= 0.6 is 11.3 Å². The van der Waals surface area contributed by atoms with Crippen molar-refractivity contribution in [2.45, 2.75) is 33.6 Å². The van der Waals surface area contributed by atoms with Gasteiger partial charge in [-0.05, 0) is 17.5 Å². The molecule has 2 heterocycles. The number of anilines is 1. The van der Waals surface area contributed by atoms with Crippen molar-refractivity contribution in [1.82, 2.24) is 15.2 Å². The van der Waals surface area contributed by atoms with Crippen LogP contribution in [0.3, 0.4) is 0 Å². The minimum atomic E-state index is 0.181. The van der Waals surface area contributed by atoms with Gasteiger partial charge in [0.2, 0.25) is 0 Å². The van der Waals surface area contributed by atoms with Gasteiger partial charge in [0, 0.05) is 5.92 Å². The number of hydrogen-bond acceptors (Lipinski definition) is 5. The molecule has 0 bridgehead atoms. The van der Waals surface area contributed by atoms with Crippen molar-refractivity contribution >= 4 is 17.2 Å². The maximum absolute atomic E-state index is 5.68. The van der Waals surface area contributed by atoms with E-state index in [4.69, 9.17) is 5.73 Å². The van der Waals surface area contributed by atoms with Crippen LogP contribution < -0.4 is 5.73 Å². The zero-order valence-electron chi connectivity index (χ0n) is 11.1. The van der Waals surface area contributed by atoms with Gasteiger partial charge in [0.1, 0.15) is 16.5 Å². The summed E-state index contributed by atoms with van der Waals surface area (Å²) in [6.07, 6.45) is 0. The molecule has 18 heavy (non-hydrogen) atoms. The summed E-state index contributed by atoms with van der Waals surface area (Å²) in [5.41, 5.74) is 6.65. The van der Waals surface area contributed by atoms with E-state index in [-0.39, 0.29) is 5.41 Å². The zero-order valence-corrected chi connectivity index (χ0v) is 12.0. The van der Waals surface area contributed by atoms with Crippen molar-refractivity contribution in [3.8, 4) is 10.7 Å². The predicted molar refractivity (Wildman–Crippen MR) is 75.4 cm³/mol. The summed E-state index contributed by atoms with van der Waals surface area (Å²) >= 11 is 1.59. The van der Waals surface area contributed by atoms with Crippen LogP contribution in [0.25, 0.3) is 10.7 Å². The van der Waals surface area contributed by atoms with E-state index in [9.17, 15) is 0 Å². The van der Waals surface area contributed by atoms with Gasteiger partial charge in [0.25, 0.3) is 0 Å². The molecule has 1 atom stereocenters. The molecule has 0 amide bonds. The first kappa shape index (κ1) is 13.0. The van der Waals surface area contributed by atoms with E-state index < -0.39 is 0 Å². The lowest BCUT2D eigenvalue weighted by Gasteiger charge is -2.24. The molecule has 0 fully saturated rings. The third-order valence-electron chi connectivity index (χ3n) is 3.10. The first-order valence-corrected chi connectivity index (χ1v) is 6.76. The van der Waals surface area contributed by atoms with E-state index >= 15 is 0 Å². The van der Waals surface area contributed by atoms with Crippen LogP contribution in [-0.4, -0.2) is 15.2 Å². The molecule has 0 saturated heterocycles. The number of pyridine rings is 1. The van der Waals surface area contributed by atoms with Crippen LogP contribution in [0.5, 0.6) is 0 Å². The standard InChI is InChI=1S/C13H18N4S/c1-8(13(2,3)4)11-16-17-12(18-11)9-6-5-7-10(14)15-9/h5-8H,1-4H3,(H2,14,15)/t8-/m1/s1. The summed E-state index contributed by atoms with van der Waals surface area (Å²) in [5.74, 6) is 0.873. The van der Waals surface area contributed by atoms with Crippen LogP contribution in [0.15, 0.2) is 18.2 Å². The molecule has 0 aliphatic rings. The minimum Gasteiger partial charge on any atom is -0.384 e. The Hall–Kier alpha value is -1.49. The van der Waals surface area contributed by atoms with Gasteiger partial charge in [-0.2, -0.15) is 0 Å². The monoisotopic (exact) mass is 262 g/mol. The summed E-state index contributed by atoms with van der Waals surface area (Å²) in [7, 11) is 0. The van der Waals surface area contributed by atoms with Gasteiger partial charge in [-0.15, -0.1) is 10.2 Å². The highest BCUT2D eigenvalue weighted by Crippen LogP contribution is 2.37. The molecular weight excluding hydrogens is 244 g/mol. The van der Waals surface area contributed by atoms with E-state index in [0.29, 0.717) is 11.7 Å². The molecule has 2 rings (SSSR count). The molecule has 0 unspecified atom stereocenters. The lowest BCUT2D eigenvalue weighted by atomic mass is 9.83. The minimum absolute atomic E-state index is 0.181. The molecule has 0 radical (unpaired) electrons. The van der Waals surface area contributed by atoms with Gasteiger partial charge in [-0.25, -0.2) is 4.98 Å². The molecule has 5 heteroatoms. The average molecular weight is 262 g/mol. The maximum Gasteiger partial charge on any atom is 0.166 e. The molecular formula is C13H18N4S. The van der Waals surface area contributed by atoms with E-state index in [1.54, 1.807) is 17.4 Å². The summed E-state index contributed by atoms with van der Waals surface area (Å²) in [6.45, 7) is 8.80. The molecule has 2 aromatic rings. The molecule has 0 aliphatic carbocycles. The van der Waals surface area contributed by atoms with Crippen molar-refractivity contribution in [3.05, 3.63) is 23.2 Å². The molecule has 0 saturated carbocycles. The topological polar surface area (TPSA) is 64.7 Å². The molecule has 96 valence electrons. The van der Waals surface area contributed by atoms with Crippen molar-refractivity contribution in [1.29, 1.82) is 0 Å². The van der Waals surface area contributed by atoms with E-state index in [1.807, 2.05) is 12.1 Å². The van der Waals surface area contributed by atoms with Crippen LogP contribution in [0.4, 0.5) is 5.82 Å². The van der Waals surface area contributed by atoms with Gasteiger partial charge in [-0.1, -0.05) is 45.1 Å². The molecule has 2 N–H and O–H groups in total. The van der Waals surface area contributed by atoms with Crippen molar-refractivity contribution < 1.29 is 0 Å². The van der Waals surface area contributed by atoms with Crippen LogP contribution in [0, 0.1) is 5.41 Å². The second-order valence-corrected chi connectivity index (χ2v) is 6.49. The Morgan fingerprint density at radius 2 is 1.94 bits per heavy atom. The Bertz CT molecular complexity index is 542. The van der Waals surface area contributed by atoms with Crippen LogP contribution in [-0.2, 0) is 0 Å². The smallest absolute Gasteiger partial charge is 0.166 e.